The zero-order valence-corrected chi connectivity index (χ0v) is 22.7. The monoisotopic (exact) mass is 500 g/mol. The van der Waals surface area contributed by atoms with Crippen LogP contribution in [0.15, 0.2) is 71.8 Å². The van der Waals surface area contributed by atoms with Crippen molar-refractivity contribution in [2.24, 2.45) is 5.10 Å². The fourth-order valence-electron chi connectivity index (χ4n) is 4.45. The van der Waals surface area contributed by atoms with Crippen LogP contribution in [0, 0.1) is 0 Å². The Kier molecular flexibility index (Phi) is 7.77. The standard InChI is InChI=1S/C31H36N2O4/c1-31(2,3)23-11-14-25(15-12-23)33-26(22-10-17-28(35-5)30(19-22)37-7)20-24(32-33)13-8-21-9-16-27(34-4)29(18-21)36-6/h8-19,26H,20H2,1-7H3. The molecule has 0 aromatic heterocycles. The lowest BCUT2D eigenvalue weighted by molar-refractivity contribution is 0.354. The Bertz CT molecular complexity index is 1290. The molecule has 0 fully saturated rings. The molecule has 0 bridgehead atoms. The van der Waals surface area contributed by atoms with Gasteiger partial charge in [-0.3, -0.25) is 5.01 Å². The lowest BCUT2D eigenvalue weighted by Crippen LogP contribution is -2.19. The summed E-state index contributed by atoms with van der Waals surface area (Å²) in [6.07, 6.45) is 4.87. The van der Waals surface area contributed by atoms with Crippen LogP contribution >= 0.6 is 0 Å². The molecule has 3 aromatic rings. The number of anilines is 1. The first-order valence-corrected chi connectivity index (χ1v) is 12.4. The maximum atomic E-state index is 5.59. The maximum absolute atomic E-state index is 5.59. The van der Waals surface area contributed by atoms with Crippen molar-refractivity contribution in [3.05, 3.63) is 83.4 Å². The van der Waals surface area contributed by atoms with E-state index >= 15 is 0 Å². The first-order valence-electron chi connectivity index (χ1n) is 12.4. The number of hydrazone groups is 1. The van der Waals surface area contributed by atoms with E-state index in [0.29, 0.717) is 23.0 Å². The van der Waals surface area contributed by atoms with E-state index in [9.17, 15) is 0 Å². The van der Waals surface area contributed by atoms with E-state index in [1.54, 1.807) is 28.4 Å². The Labute approximate surface area is 220 Å². The average molecular weight is 501 g/mol. The second-order valence-electron chi connectivity index (χ2n) is 10.0. The second-order valence-corrected chi connectivity index (χ2v) is 10.0. The zero-order chi connectivity index (χ0) is 26.6. The SMILES string of the molecule is COc1ccc(C=CC2=NN(c3ccc(C(C)(C)C)cc3)C(c3ccc(OC)c(OC)c3)C2)cc1OC. The maximum Gasteiger partial charge on any atom is 0.161 e. The highest BCUT2D eigenvalue weighted by Gasteiger charge is 2.29. The van der Waals surface area contributed by atoms with E-state index < -0.39 is 0 Å². The number of methoxy groups -OCH3 is 4. The van der Waals surface area contributed by atoms with Crippen LogP contribution in [0.4, 0.5) is 5.69 Å². The van der Waals surface area contributed by atoms with E-state index in [1.807, 2.05) is 30.3 Å². The minimum absolute atomic E-state index is 0.0188. The molecule has 0 saturated heterocycles. The van der Waals surface area contributed by atoms with Crippen molar-refractivity contribution < 1.29 is 18.9 Å². The Balaban J connectivity index is 1.68. The molecule has 0 aliphatic carbocycles. The van der Waals surface area contributed by atoms with Gasteiger partial charge in [-0.15, -0.1) is 0 Å². The smallest absolute Gasteiger partial charge is 0.161 e. The average Bonchev–Trinajstić information content (AvgIpc) is 3.35. The number of benzene rings is 3. The number of hydrogen-bond acceptors (Lipinski definition) is 6. The van der Waals surface area contributed by atoms with Crippen molar-refractivity contribution in [3.63, 3.8) is 0 Å². The van der Waals surface area contributed by atoms with Crippen molar-refractivity contribution in [2.45, 2.75) is 38.6 Å². The van der Waals surface area contributed by atoms with Crippen LogP contribution in [-0.4, -0.2) is 34.2 Å². The highest BCUT2D eigenvalue weighted by atomic mass is 16.5. The van der Waals surface area contributed by atoms with Crippen LogP contribution in [0.3, 0.4) is 0 Å². The van der Waals surface area contributed by atoms with Crippen LogP contribution in [-0.2, 0) is 5.41 Å². The van der Waals surface area contributed by atoms with Gasteiger partial charge in [-0.1, -0.05) is 51.1 Å². The predicted molar refractivity (Wildman–Crippen MR) is 151 cm³/mol. The van der Waals surface area contributed by atoms with E-state index in [2.05, 4.69) is 68.3 Å². The van der Waals surface area contributed by atoms with E-state index in [0.717, 1.165) is 28.9 Å². The molecule has 0 N–H and O–H groups in total. The minimum atomic E-state index is 0.0188. The summed E-state index contributed by atoms with van der Waals surface area (Å²) in [5.41, 5.74) is 5.52. The van der Waals surface area contributed by atoms with Crippen LogP contribution in [0.2, 0.25) is 0 Å². The summed E-state index contributed by atoms with van der Waals surface area (Å²) in [6, 6.07) is 20.6. The number of allylic oxidation sites excluding steroid dienone is 1. The molecule has 0 spiro atoms. The summed E-state index contributed by atoms with van der Waals surface area (Å²) in [5.74, 6) is 2.82. The van der Waals surface area contributed by atoms with Crippen molar-refractivity contribution in [2.75, 3.05) is 33.4 Å². The first kappa shape index (κ1) is 26.1. The summed E-state index contributed by atoms with van der Waals surface area (Å²) in [7, 11) is 6.59. The Hall–Kier alpha value is -3.93. The predicted octanol–water partition coefficient (Wildman–Crippen LogP) is 7.04. The molecule has 4 rings (SSSR count). The lowest BCUT2D eigenvalue weighted by Gasteiger charge is -2.26. The molecular formula is C31H36N2O4. The molecule has 1 unspecified atom stereocenters. The molecule has 37 heavy (non-hydrogen) atoms. The van der Waals surface area contributed by atoms with Crippen molar-refractivity contribution in [3.8, 4) is 23.0 Å². The first-order chi connectivity index (χ1) is 17.8. The highest BCUT2D eigenvalue weighted by molar-refractivity contribution is 6.01. The summed E-state index contributed by atoms with van der Waals surface area (Å²) < 4.78 is 21.9. The van der Waals surface area contributed by atoms with Gasteiger partial charge in [0.1, 0.15) is 0 Å². The van der Waals surface area contributed by atoms with Crippen molar-refractivity contribution in [1.29, 1.82) is 0 Å². The van der Waals surface area contributed by atoms with Gasteiger partial charge in [0.15, 0.2) is 23.0 Å². The molecular weight excluding hydrogens is 464 g/mol. The molecule has 194 valence electrons. The second kappa shape index (κ2) is 11.0. The molecule has 1 atom stereocenters. The summed E-state index contributed by atoms with van der Waals surface area (Å²) >= 11 is 0. The fourth-order valence-corrected chi connectivity index (χ4v) is 4.45. The molecule has 1 aliphatic heterocycles. The molecule has 0 saturated carbocycles. The van der Waals surface area contributed by atoms with Gasteiger partial charge in [-0.25, -0.2) is 0 Å². The van der Waals surface area contributed by atoms with Crippen molar-refractivity contribution in [1.82, 2.24) is 0 Å². The Morgan fingerprint density at radius 3 is 1.92 bits per heavy atom. The van der Waals surface area contributed by atoms with Crippen LogP contribution in [0.1, 0.15) is 49.9 Å². The number of hydrogen-bond donors (Lipinski definition) is 0. The summed E-state index contributed by atoms with van der Waals surface area (Å²) in [4.78, 5) is 0. The molecule has 1 aliphatic rings. The van der Waals surface area contributed by atoms with Gasteiger partial charge < -0.3 is 18.9 Å². The molecule has 6 heteroatoms. The van der Waals surface area contributed by atoms with Gasteiger partial charge in [-0.05, 0) is 64.6 Å². The Morgan fingerprint density at radius 1 is 0.730 bits per heavy atom. The Morgan fingerprint density at radius 2 is 1.32 bits per heavy atom. The normalized spacial score (nSPS) is 15.6. The summed E-state index contributed by atoms with van der Waals surface area (Å²) in [5, 5.41) is 7.13. The van der Waals surface area contributed by atoms with E-state index in [4.69, 9.17) is 24.0 Å². The van der Waals surface area contributed by atoms with Gasteiger partial charge >= 0.3 is 0 Å². The topological polar surface area (TPSA) is 52.5 Å². The number of nitrogens with zero attached hydrogens (tertiary/aromatic N) is 2. The van der Waals surface area contributed by atoms with Gasteiger partial charge in [0, 0.05) is 6.42 Å². The molecule has 3 aromatic carbocycles. The van der Waals surface area contributed by atoms with E-state index in [-0.39, 0.29) is 11.5 Å². The number of rotatable bonds is 8. The van der Waals surface area contributed by atoms with Gasteiger partial charge in [-0.2, -0.15) is 5.10 Å². The fraction of sp³-hybridized carbons (Fsp3) is 0.323. The minimum Gasteiger partial charge on any atom is -0.493 e. The third-order valence-corrected chi connectivity index (χ3v) is 6.60. The van der Waals surface area contributed by atoms with Gasteiger partial charge in [0.2, 0.25) is 0 Å². The van der Waals surface area contributed by atoms with Crippen LogP contribution in [0.25, 0.3) is 6.08 Å². The third kappa shape index (κ3) is 5.74. The highest BCUT2D eigenvalue weighted by Crippen LogP contribution is 2.39. The van der Waals surface area contributed by atoms with Gasteiger partial charge in [0.05, 0.1) is 45.9 Å². The lowest BCUT2D eigenvalue weighted by atomic mass is 9.87. The summed E-state index contributed by atoms with van der Waals surface area (Å²) in [6.45, 7) is 6.67. The van der Waals surface area contributed by atoms with E-state index in [1.165, 1.54) is 5.56 Å². The van der Waals surface area contributed by atoms with Crippen LogP contribution in [0.5, 0.6) is 23.0 Å². The quantitative estimate of drug-likeness (QED) is 0.332. The largest absolute Gasteiger partial charge is 0.493 e. The zero-order valence-electron chi connectivity index (χ0n) is 22.7. The number of ether oxygens (including phenoxy) is 4. The molecule has 0 radical (unpaired) electrons. The van der Waals surface area contributed by atoms with Crippen molar-refractivity contribution >= 4 is 17.5 Å². The molecule has 0 amide bonds. The molecule has 1 heterocycles. The molecule has 6 nitrogen and oxygen atoms in total. The van der Waals surface area contributed by atoms with Crippen LogP contribution < -0.4 is 24.0 Å². The third-order valence-electron chi connectivity index (χ3n) is 6.60. The van der Waals surface area contributed by atoms with Gasteiger partial charge in [0.25, 0.3) is 0 Å².